The molecule has 1 saturated carbocycles. The summed E-state index contributed by atoms with van der Waals surface area (Å²) in [5.41, 5.74) is 13.3. The van der Waals surface area contributed by atoms with E-state index >= 15 is 0 Å². The second-order valence-electron chi connectivity index (χ2n) is 7.16. The Morgan fingerprint density at radius 2 is 2.00 bits per heavy atom. The van der Waals surface area contributed by atoms with Gasteiger partial charge in [0.2, 0.25) is 0 Å². The van der Waals surface area contributed by atoms with Crippen LogP contribution >= 0.6 is 0 Å². The Balaban J connectivity index is 2.51. The summed E-state index contributed by atoms with van der Waals surface area (Å²) in [5.74, 6) is -1.06. The predicted octanol–water partition coefficient (Wildman–Crippen LogP) is 5.10. The minimum atomic E-state index is -1.06. The van der Waals surface area contributed by atoms with Crippen molar-refractivity contribution in [3.05, 3.63) is 52.2 Å². The number of benzene rings is 1. The second kappa shape index (κ2) is 8.35. The van der Waals surface area contributed by atoms with Crippen molar-refractivity contribution in [1.82, 2.24) is 0 Å². The lowest BCUT2D eigenvalue weighted by Gasteiger charge is -2.20. The van der Waals surface area contributed by atoms with Gasteiger partial charge >= 0.3 is 5.97 Å². The van der Waals surface area contributed by atoms with Crippen LogP contribution in [0.3, 0.4) is 0 Å². The van der Waals surface area contributed by atoms with Crippen molar-refractivity contribution in [3.63, 3.8) is 0 Å². The average molecular weight is 354 g/mol. The summed E-state index contributed by atoms with van der Waals surface area (Å²) in [4.78, 5) is 16.3. The minimum absolute atomic E-state index is 0.0302. The van der Waals surface area contributed by atoms with E-state index in [1.807, 2.05) is 6.92 Å². The topological polar surface area (TPSA) is 75.7 Å². The molecule has 1 fully saturated rings. The molecule has 0 aliphatic heterocycles. The van der Waals surface area contributed by atoms with Gasteiger partial charge in [-0.3, -0.25) is 4.99 Å². The van der Waals surface area contributed by atoms with Gasteiger partial charge in [0.25, 0.3) is 0 Å². The van der Waals surface area contributed by atoms with Crippen molar-refractivity contribution in [1.29, 1.82) is 0 Å². The fourth-order valence-electron chi connectivity index (χ4n) is 3.71. The monoisotopic (exact) mass is 354 g/mol. The van der Waals surface area contributed by atoms with E-state index in [0.29, 0.717) is 12.0 Å². The van der Waals surface area contributed by atoms with E-state index in [4.69, 9.17) is 10.7 Å². The molecule has 1 aliphatic rings. The molecule has 26 heavy (non-hydrogen) atoms. The van der Waals surface area contributed by atoms with Crippen LogP contribution in [0, 0.1) is 13.8 Å². The standard InChI is InChI=1S/C22H30N2O2/c1-6-8-19(17-12-11-16(13(2)3)14(4)15(17)5)24-20-10-7-9-18(20)21(23)22(25)26/h11-12,19H,2,6-10,23H2,1,3-5H3,(H,25,26). The van der Waals surface area contributed by atoms with Crippen molar-refractivity contribution >= 4 is 17.3 Å². The van der Waals surface area contributed by atoms with Crippen molar-refractivity contribution in [2.75, 3.05) is 0 Å². The molecule has 3 N–H and O–H groups in total. The number of carboxylic acids is 1. The zero-order valence-corrected chi connectivity index (χ0v) is 16.4. The Morgan fingerprint density at radius 1 is 1.31 bits per heavy atom. The highest BCUT2D eigenvalue weighted by atomic mass is 16.4. The maximum Gasteiger partial charge on any atom is 0.352 e. The first kappa shape index (κ1) is 20.0. The van der Waals surface area contributed by atoms with Crippen molar-refractivity contribution < 1.29 is 9.90 Å². The Kier molecular flexibility index (Phi) is 6.41. The van der Waals surface area contributed by atoms with Gasteiger partial charge in [-0.05, 0) is 68.7 Å². The number of nitrogens with two attached hydrogens (primary N) is 1. The molecule has 1 aliphatic carbocycles. The molecule has 0 aromatic heterocycles. The van der Waals surface area contributed by atoms with Crippen LogP contribution in [0.2, 0.25) is 0 Å². The van der Waals surface area contributed by atoms with E-state index in [1.165, 1.54) is 22.3 Å². The number of hydrogen-bond donors (Lipinski definition) is 2. The van der Waals surface area contributed by atoms with Crippen molar-refractivity contribution in [2.45, 2.75) is 65.8 Å². The van der Waals surface area contributed by atoms with E-state index in [9.17, 15) is 9.90 Å². The number of aliphatic carboxylic acids is 1. The highest BCUT2D eigenvalue weighted by Gasteiger charge is 2.24. The molecule has 0 spiro atoms. The Bertz CT molecular complexity index is 788. The lowest BCUT2D eigenvalue weighted by atomic mass is 9.90. The van der Waals surface area contributed by atoms with Gasteiger partial charge in [-0.1, -0.05) is 37.6 Å². The van der Waals surface area contributed by atoms with Gasteiger partial charge < -0.3 is 10.8 Å². The smallest absolute Gasteiger partial charge is 0.352 e. The lowest BCUT2D eigenvalue weighted by Crippen LogP contribution is -2.16. The fraction of sp³-hybridized carbons (Fsp3) is 0.455. The number of aliphatic imine (C=N–C) groups is 1. The molecule has 1 aromatic carbocycles. The fourth-order valence-corrected chi connectivity index (χ4v) is 3.71. The SMILES string of the molecule is C=C(C)c1ccc(C(CCC)N=C2CCCC2=C(N)C(=O)O)c(C)c1C. The molecule has 0 bridgehead atoms. The van der Waals surface area contributed by atoms with Gasteiger partial charge in [-0.25, -0.2) is 4.79 Å². The van der Waals surface area contributed by atoms with Crippen LogP contribution in [0.4, 0.5) is 0 Å². The van der Waals surface area contributed by atoms with Crippen molar-refractivity contribution in [2.24, 2.45) is 10.7 Å². The predicted molar refractivity (Wildman–Crippen MR) is 108 cm³/mol. The molecule has 4 nitrogen and oxygen atoms in total. The van der Waals surface area contributed by atoms with Gasteiger partial charge in [0.1, 0.15) is 5.70 Å². The van der Waals surface area contributed by atoms with Crippen LogP contribution in [-0.4, -0.2) is 16.8 Å². The molecule has 140 valence electrons. The van der Waals surface area contributed by atoms with Crippen molar-refractivity contribution in [3.8, 4) is 0 Å². The van der Waals surface area contributed by atoms with E-state index in [0.717, 1.165) is 37.0 Å². The molecule has 0 heterocycles. The van der Waals surface area contributed by atoms with Crippen LogP contribution in [0.1, 0.15) is 74.2 Å². The summed E-state index contributed by atoms with van der Waals surface area (Å²) in [6, 6.07) is 4.30. The van der Waals surface area contributed by atoms with Crippen LogP contribution in [0.15, 0.2) is 35.0 Å². The molecule has 1 atom stereocenters. The average Bonchev–Trinajstić information content (AvgIpc) is 3.03. The summed E-state index contributed by atoms with van der Waals surface area (Å²) >= 11 is 0. The summed E-state index contributed by atoms with van der Waals surface area (Å²) in [5, 5.41) is 9.23. The Labute approximate surface area is 156 Å². The third-order valence-corrected chi connectivity index (χ3v) is 5.27. The maximum atomic E-state index is 11.3. The third kappa shape index (κ3) is 4.06. The largest absolute Gasteiger partial charge is 0.477 e. The molecule has 0 amide bonds. The number of allylic oxidation sites excluding steroid dienone is 2. The van der Waals surface area contributed by atoms with E-state index in [-0.39, 0.29) is 11.7 Å². The first-order valence-electron chi connectivity index (χ1n) is 9.32. The normalized spacial score (nSPS) is 18.8. The highest BCUT2D eigenvalue weighted by molar-refractivity contribution is 6.07. The zero-order valence-electron chi connectivity index (χ0n) is 16.4. The summed E-state index contributed by atoms with van der Waals surface area (Å²) in [7, 11) is 0. The molecule has 0 saturated heterocycles. The van der Waals surface area contributed by atoms with E-state index < -0.39 is 5.97 Å². The summed E-state index contributed by atoms with van der Waals surface area (Å²) in [6.07, 6.45) is 4.34. The van der Waals surface area contributed by atoms with Crippen LogP contribution in [0.25, 0.3) is 5.57 Å². The Hall–Kier alpha value is -2.36. The first-order valence-corrected chi connectivity index (χ1v) is 9.32. The lowest BCUT2D eigenvalue weighted by molar-refractivity contribution is -0.132. The number of hydrogen-bond acceptors (Lipinski definition) is 3. The number of rotatable bonds is 6. The third-order valence-electron chi connectivity index (χ3n) is 5.27. The first-order chi connectivity index (χ1) is 12.3. The van der Waals surface area contributed by atoms with Gasteiger partial charge in [0.15, 0.2) is 0 Å². The number of nitrogens with zero attached hydrogens (tertiary/aromatic N) is 1. The maximum absolute atomic E-state index is 11.3. The van der Waals surface area contributed by atoms with Crippen LogP contribution < -0.4 is 5.73 Å². The van der Waals surface area contributed by atoms with Gasteiger partial charge in [0, 0.05) is 11.3 Å². The molecule has 2 rings (SSSR count). The molecule has 0 radical (unpaired) electrons. The van der Waals surface area contributed by atoms with Gasteiger partial charge in [0.05, 0.1) is 6.04 Å². The molecule has 1 unspecified atom stereocenters. The molecular weight excluding hydrogens is 324 g/mol. The summed E-state index contributed by atoms with van der Waals surface area (Å²) in [6.45, 7) is 12.5. The molecule has 4 heteroatoms. The van der Waals surface area contributed by atoms with Crippen LogP contribution in [-0.2, 0) is 4.79 Å². The van der Waals surface area contributed by atoms with E-state index in [2.05, 4.69) is 39.5 Å². The molecule has 1 aromatic rings. The number of carboxylic acid groups (broad SMARTS) is 1. The Morgan fingerprint density at radius 3 is 2.58 bits per heavy atom. The quantitative estimate of drug-likeness (QED) is 0.698. The van der Waals surface area contributed by atoms with E-state index in [1.54, 1.807) is 0 Å². The number of carbonyl (C=O) groups is 1. The second-order valence-corrected chi connectivity index (χ2v) is 7.16. The summed E-state index contributed by atoms with van der Waals surface area (Å²) < 4.78 is 0. The molecular formula is C22H30N2O2. The highest BCUT2D eigenvalue weighted by Crippen LogP contribution is 2.33. The van der Waals surface area contributed by atoms with Crippen LogP contribution in [0.5, 0.6) is 0 Å². The van der Waals surface area contributed by atoms with Gasteiger partial charge in [-0.15, -0.1) is 0 Å². The minimum Gasteiger partial charge on any atom is -0.477 e. The van der Waals surface area contributed by atoms with Gasteiger partial charge in [-0.2, -0.15) is 0 Å². The zero-order chi connectivity index (χ0) is 19.4.